The Kier molecular flexibility index (Phi) is 4.66. The molecule has 2 N–H and O–H groups in total. The Labute approximate surface area is 114 Å². The Morgan fingerprint density at radius 1 is 1.21 bits per heavy atom. The molecule has 2 atom stereocenters. The minimum atomic E-state index is -0.736. The zero-order chi connectivity index (χ0) is 13.8. The van der Waals surface area contributed by atoms with Gasteiger partial charge < -0.3 is 15.3 Å². The number of carboxylic acids is 1. The molecule has 19 heavy (non-hydrogen) atoms. The largest absolute Gasteiger partial charge is 0.481 e. The lowest BCUT2D eigenvalue weighted by atomic mass is 9.95. The summed E-state index contributed by atoms with van der Waals surface area (Å²) < 4.78 is 0. The zero-order valence-corrected chi connectivity index (χ0v) is 11.6. The molecule has 1 saturated heterocycles. The molecule has 108 valence electrons. The molecule has 2 aliphatic rings. The predicted octanol–water partition coefficient (Wildman–Crippen LogP) is 2.07. The number of carbonyl (C=O) groups excluding carboxylic acids is 1. The van der Waals surface area contributed by atoms with Crippen molar-refractivity contribution < 1.29 is 14.7 Å². The number of nitrogens with one attached hydrogen (secondary N) is 1. The average Bonchev–Trinajstić information content (AvgIpc) is 2.87. The summed E-state index contributed by atoms with van der Waals surface area (Å²) >= 11 is 0. The van der Waals surface area contributed by atoms with Crippen LogP contribution in [0.15, 0.2) is 0 Å². The van der Waals surface area contributed by atoms with E-state index in [-0.39, 0.29) is 18.0 Å². The lowest BCUT2D eigenvalue weighted by Gasteiger charge is -2.32. The molecule has 5 nitrogen and oxygen atoms in total. The summed E-state index contributed by atoms with van der Waals surface area (Å²) in [6.07, 6.45) is 5.41. The summed E-state index contributed by atoms with van der Waals surface area (Å²) in [7, 11) is 0. The molecule has 1 saturated carbocycles. The number of rotatable bonds is 3. The van der Waals surface area contributed by atoms with Crippen LogP contribution in [0, 0.1) is 11.8 Å². The average molecular weight is 268 g/mol. The van der Waals surface area contributed by atoms with E-state index in [2.05, 4.69) is 12.2 Å². The van der Waals surface area contributed by atoms with Gasteiger partial charge in [0.15, 0.2) is 0 Å². The molecular weight excluding hydrogens is 244 g/mol. The fraction of sp³-hybridized carbons (Fsp3) is 0.857. The lowest BCUT2D eigenvalue weighted by molar-refractivity contribution is -0.141. The smallest absolute Gasteiger partial charge is 0.317 e. The molecule has 5 heteroatoms. The van der Waals surface area contributed by atoms with Crippen LogP contribution in [0.5, 0.6) is 0 Å². The molecule has 1 aliphatic carbocycles. The second-order valence-electron chi connectivity index (χ2n) is 5.83. The summed E-state index contributed by atoms with van der Waals surface area (Å²) in [6, 6.07) is 0.0306. The van der Waals surface area contributed by atoms with E-state index in [0.717, 1.165) is 38.3 Å². The van der Waals surface area contributed by atoms with Gasteiger partial charge in [0, 0.05) is 19.1 Å². The first-order valence-corrected chi connectivity index (χ1v) is 7.38. The van der Waals surface area contributed by atoms with Gasteiger partial charge in [-0.05, 0) is 38.0 Å². The van der Waals surface area contributed by atoms with E-state index in [1.807, 2.05) is 4.90 Å². The molecule has 0 radical (unpaired) electrons. The van der Waals surface area contributed by atoms with E-state index in [9.17, 15) is 9.59 Å². The van der Waals surface area contributed by atoms with Gasteiger partial charge in [-0.3, -0.25) is 4.79 Å². The maximum atomic E-state index is 12.1. The van der Waals surface area contributed by atoms with Gasteiger partial charge in [0.2, 0.25) is 0 Å². The summed E-state index contributed by atoms with van der Waals surface area (Å²) in [6.45, 7) is 3.86. The van der Waals surface area contributed by atoms with Gasteiger partial charge >= 0.3 is 12.0 Å². The number of nitrogens with zero attached hydrogens (tertiary/aromatic N) is 1. The molecule has 0 aromatic carbocycles. The Morgan fingerprint density at radius 2 is 1.89 bits per heavy atom. The van der Waals surface area contributed by atoms with Crippen molar-refractivity contribution in [2.75, 3.05) is 13.1 Å². The first-order valence-electron chi connectivity index (χ1n) is 7.38. The van der Waals surface area contributed by atoms with E-state index in [1.165, 1.54) is 6.42 Å². The number of hydrogen-bond donors (Lipinski definition) is 2. The van der Waals surface area contributed by atoms with Crippen molar-refractivity contribution in [2.24, 2.45) is 11.8 Å². The maximum Gasteiger partial charge on any atom is 0.317 e. The lowest BCUT2D eigenvalue weighted by Crippen LogP contribution is -2.47. The van der Waals surface area contributed by atoms with Crippen LogP contribution in [0.1, 0.15) is 45.4 Å². The normalized spacial score (nSPS) is 28.4. The number of carboxylic acid groups (broad SMARTS) is 1. The quantitative estimate of drug-likeness (QED) is 0.823. The molecule has 0 unspecified atom stereocenters. The topological polar surface area (TPSA) is 69.6 Å². The fourth-order valence-electron chi connectivity index (χ4n) is 3.15. The number of carbonyl (C=O) groups is 2. The van der Waals surface area contributed by atoms with Crippen LogP contribution in [0.2, 0.25) is 0 Å². The third kappa shape index (κ3) is 3.61. The van der Waals surface area contributed by atoms with Crippen molar-refractivity contribution in [1.82, 2.24) is 10.2 Å². The molecule has 1 aliphatic heterocycles. The molecule has 2 amide bonds. The van der Waals surface area contributed by atoms with Crippen LogP contribution >= 0.6 is 0 Å². The van der Waals surface area contributed by atoms with Gasteiger partial charge in [-0.1, -0.05) is 13.3 Å². The third-order valence-corrected chi connectivity index (χ3v) is 4.59. The summed E-state index contributed by atoms with van der Waals surface area (Å²) in [5, 5.41) is 11.9. The van der Waals surface area contributed by atoms with E-state index in [4.69, 9.17) is 5.11 Å². The highest BCUT2D eigenvalue weighted by atomic mass is 16.4. The number of urea groups is 1. The van der Waals surface area contributed by atoms with E-state index < -0.39 is 5.97 Å². The minimum Gasteiger partial charge on any atom is -0.481 e. The predicted molar refractivity (Wildman–Crippen MR) is 71.9 cm³/mol. The molecule has 0 aromatic heterocycles. The summed E-state index contributed by atoms with van der Waals surface area (Å²) in [4.78, 5) is 24.8. The fourth-order valence-corrected chi connectivity index (χ4v) is 3.15. The SMILES string of the molecule is CCC1CCN(C(=O)N[C@H]2CC[C@@H](C(=O)O)C2)CC1. The van der Waals surface area contributed by atoms with Gasteiger partial charge in [-0.2, -0.15) is 0 Å². The molecule has 2 rings (SSSR count). The van der Waals surface area contributed by atoms with Gasteiger partial charge in [-0.15, -0.1) is 0 Å². The number of aliphatic carboxylic acids is 1. The standard InChI is InChI=1S/C14H24N2O3/c1-2-10-5-7-16(8-6-10)14(19)15-12-4-3-11(9-12)13(17)18/h10-12H,2-9H2,1H3,(H,15,19)(H,17,18)/t11-,12+/m1/s1. The van der Waals surface area contributed by atoms with Crippen LogP contribution in [-0.4, -0.2) is 41.1 Å². The molecule has 0 spiro atoms. The maximum absolute atomic E-state index is 12.1. The highest BCUT2D eigenvalue weighted by Crippen LogP contribution is 2.26. The van der Waals surface area contributed by atoms with Gasteiger partial charge in [0.05, 0.1) is 5.92 Å². The second-order valence-corrected chi connectivity index (χ2v) is 5.83. The van der Waals surface area contributed by atoms with Crippen LogP contribution in [0.4, 0.5) is 4.79 Å². The number of amides is 2. The third-order valence-electron chi connectivity index (χ3n) is 4.59. The summed E-state index contributed by atoms with van der Waals surface area (Å²) in [5.41, 5.74) is 0. The van der Waals surface area contributed by atoms with Crippen LogP contribution < -0.4 is 5.32 Å². The van der Waals surface area contributed by atoms with Crippen molar-refractivity contribution >= 4 is 12.0 Å². The molecule has 1 heterocycles. The minimum absolute atomic E-state index is 0.00871. The summed E-state index contributed by atoms with van der Waals surface area (Å²) in [5.74, 6) is -0.261. The van der Waals surface area contributed by atoms with E-state index in [1.54, 1.807) is 0 Å². The van der Waals surface area contributed by atoms with E-state index in [0.29, 0.717) is 12.8 Å². The Hall–Kier alpha value is -1.26. The molecular formula is C14H24N2O3. The van der Waals surface area contributed by atoms with Crippen LogP contribution in [-0.2, 0) is 4.79 Å². The van der Waals surface area contributed by atoms with Crippen molar-refractivity contribution in [3.05, 3.63) is 0 Å². The van der Waals surface area contributed by atoms with Crippen molar-refractivity contribution in [3.8, 4) is 0 Å². The van der Waals surface area contributed by atoms with Crippen molar-refractivity contribution in [2.45, 2.75) is 51.5 Å². The van der Waals surface area contributed by atoms with Crippen molar-refractivity contribution in [3.63, 3.8) is 0 Å². The van der Waals surface area contributed by atoms with Crippen molar-refractivity contribution in [1.29, 1.82) is 0 Å². The highest BCUT2D eigenvalue weighted by Gasteiger charge is 2.32. The van der Waals surface area contributed by atoms with E-state index >= 15 is 0 Å². The Bertz CT molecular complexity index is 338. The second kappa shape index (κ2) is 6.26. The van der Waals surface area contributed by atoms with Crippen LogP contribution in [0.3, 0.4) is 0 Å². The molecule has 0 bridgehead atoms. The number of hydrogen-bond acceptors (Lipinski definition) is 2. The zero-order valence-electron chi connectivity index (χ0n) is 11.6. The molecule has 2 fully saturated rings. The number of likely N-dealkylation sites (tertiary alicyclic amines) is 1. The van der Waals surface area contributed by atoms with Gasteiger partial charge in [0.25, 0.3) is 0 Å². The van der Waals surface area contributed by atoms with Gasteiger partial charge in [0.1, 0.15) is 0 Å². The van der Waals surface area contributed by atoms with Gasteiger partial charge in [-0.25, -0.2) is 4.79 Å². The Balaban J connectivity index is 1.75. The number of piperidine rings is 1. The first kappa shape index (κ1) is 14.2. The van der Waals surface area contributed by atoms with Crippen LogP contribution in [0.25, 0.3) is 0 Å². The Morgan fingerprint density at radius 3 is 2.42 bits per heavy atom. The monoisotopic (exact) mass is 268 g/mol. The first-order chi connectivity index (χ1) is 9.10. The molecule has 0 aromatic rings. The highest BCUT2D eigenvalue weighted by molar-refractivity contribution is 5.75.